The summed E-state index contributed by atoms with van der Waals surface area (Å²) in [5, 5.41) is 10.7. The predicted molar refractivity (Wildman–Crippen MR) is 105 cm³/mol. The normalized spacial score (nSPS) is 16.7. The molecule has 26 heavy (non-hydrogen) atoms. The van der Waals surface area contributed by atoms with E-state index < -0.39 is 6.10 Å². The molecule has 1 aliphatic rings. The second-order valence-electron chi connectivity index (χ2n) is 7.04. The van der Waals surface area contributed by atoms with Crippen LogP contribution in [0.2, 0.25) is 0 Å². The van der Waals surface area contributed by atoms with Crippen molar-refractivity contribution >= 4 is 0 Å². The average molecular weight is 354 g/mol. The molecule has 0 amide bonds. The second-order valence-corrected chi connectivity index (χ2v) is 7.04. The Morgan fingerprint density at radius 2 is 1.73 bits per heavy atom. The first kappa shape index (κ1) is 19.1. The minimum absolute atomic E-state index is 0.468. The summed E-state index contributed by atoms with van der Waals surface area (Å²) in [4.78, 5) is 4.82. The highest BCUT2D eigenvalue weighted by Gasteiger charge is 2.17. The number of benzene rings is 2. The van der Waals surface area contributed by atoms with Crippen LogP contribution in [0.4, 0.5) is 0 Å². The predicted octanol–water partition coefficient (Wildman–Crippen LogP) is 2.86. The van der Waals surface area contributed by atoms with Crippen molar-refractivity contribution in [3.05, 3.63) is 71.3 Å². The molecule has 1 N–H and O–H groups in total. The number of aryl methyl sites for hydroxylation is 1. The van der Waals surface area contributed by atoms with E-state index in [1.54, 1.807) is 0 Å². The van der Waals surface area contributed by atoms with E-state index in [2.05, 4.69) is 41.0 Å². The Bertz CT molecular complexity index is 656. The standard InChI is InChI=1S/C22H30N2O2/c1-19-7-5-6-10-21(19)17-24(12-11-23-13-15-26-16-14-23)18-22(25)20-8-3-2-4-9-20/h2-10,22,25H,11-18H2,1H3. The van der Waals surface area contributed by atoms with Crippen LogP contribution in [0.15, 0.2) is 54.6 Å². The molecule has 0 aromatic heterocycles. The summed E-state index contributed by atoms with van der Waals surface area (Å²) in [5.41, 5.74) is 3.61. The molecule has 4 heteroatoms. The van der Waals surface area contributed by atoms with E-state index in [1.807, 2.05) is 30.3 Å². The number of aliphatic hydroxyl groups is 1. The van der Waals surface area contributed by atoms with Crippen LogP contribution in [0.1, 0.15) is 22.8 Å². The zero-order valence-corrected chi connectivity index (χ0v) is 15.7. The van der Waals surface area contributed by atoms with Crippen LogP contribution in [-0.4, -0.2) is 60.8 Å². The van der Waals surface area contributed by atoms with Gasteiger partial charge in [-0.2, -0.15) is 0 Å². The highest BCUT2D eigenvalue weighted by Crippen LogP contribution is 2.17. The largest absolute Gasteiger partial charge is 0.387 e. The van der Waals surface area contributed by atoms with Gasteiger partial charge in [0.05, 0.1) is 19.3 Å². The van der Waals surface area contributed by atoms with Crippen molar-refractivity contribution in [2.45, 2.75) is 19.6 Å². The topological polar surface area (TPSA) is 35.9 Å². The third-order valence-electron chi connectivity index (χ3n) is 5.11. The maximum atomic E-state index is 10.7. The highest BCUT2D eigenvalue weighted by atomic mass is 16.5. The van der Waals surface area contributed by atoms with Gasteiger partial charge in [-0.15, -0.1) is 0 Å². The molecule has 3 rings (SSSR count). The summed E-state index contributed by atoms with van der Waals surface area (Å²) in [7, 11) is 0. The number of nitrogens with zero attached hydrogens (tertiary/aromatic N) is 2. The average Bonchev–Trinajstić information content (AvgIpc) is 2.69. The van der Waals surface area contributed by atoms with Gasteiger partial charge in [-0.1, -0.05) is 54.6 Å². The van der Waals surface area contributed by atoms with E-state index in [0.29, 0.717) is 6.54 Å². The quantitative estimate of drug-likeness (QED) is 0.791. The third-order valence-corrected chi connectivity index (χ3v) is 5.11. The fourth-order valence-electron chi connectivity index (χ4n) is 3.40. The second kappa shape index (κ2) is 9.83. The van der Waals surface area contributed by atoms with Crippen LogP contribution in [-0.2, 0) is 11.3 Å². The molecule has 1 aliphatic heterocycles. The lowest BCUT2D eigenvalue weighted by Gasteiger charge is -2.31. The number of morpholine rings is 1. The molecule has 1 fully saturated rings. The van der Waals surface area contributed by atoms with Gasteiger partial charge in [0.25, 0.3) is 0 Å². The van der Waals surface area contributed by atoms with Gasteiger partial charge in [-0.25, -0.2) is 0 Å². The summed E-state index contributed by atoms with van der Waals surface area (Å²) in [6.45, 7) is 9.26. The summed E-state index contributed by atoms with van der Waals surface area (Å²) in [5.74, 6) is 0. The molecule has 4 nitrogen and oxygen atoms in total. The number of rotatable bonds is 8. The summed E-state index contributed by atoms with van der Waals surface area (Å²) >= 11 is 0. The first-order chi connectivity index (χ1) is 12.7. The monoisotopic (exact) mass is 354 g/mol. The van der Waals surface area contributed by atoms with Crippen LogP contribution in [0.25, 0.3) is 0 Å². The van der Waals surface area contributed by atoms with Crippen LogP contribution >= 0.6 is 0 Å². The van der Waals surface area contributed by atoms with Crippen molar-refractivity contribution in [1.29, 1.82) is 0 Å². The number of hydrogen-bond acceptors (Lipinski definition) is 4. The van der Waals surface area contributed by atoms with Crippen molar-refractivity contribution in [3.8, 4) is 0 Å². The summed E-state index contributed by atoms with van der Waals surface area (Å²) in [6.07, 6.45) is -0.468. The van der Waals surface area contributed by atoms with Crippen LogP contribution in [0, 0.1) is 6.92 Å². The molecule has 0 bridgehead atoms. The van der Waals surface area contributed by atoms with Crippen molar-refractivity contribution in [2.75, 3.05) is 45.9 Å². The van der Waals surface area contributed by atoms with E-state index in [0.717, 1.165) is 51.5 Å². The number of hydrogen-bond donors (Lipinski definition) is 1. The highest BCUT2D eigenvalue weighted by molar-refractivity contribution is 5.25. The van der Waals surface area contributed by atoms with Gasteiger partial charge in [-0.3, -0.25) is 9.80 Å². The summed E-state index contributed by atoms with van der Waals surface area (Å²) < 4.78 is 5.45. The van der Waals surface area contributed by atoms with Gasteiger partial charge in [0.15, 0.2) is 0 Å². The minimum Gasteiger partial charge on any atom is -0.387 e. The zero-order valence-electron chi connectivity index (χ0n) is 15.7. The minimum atomic E-state index is -0.468. The van der Waals surface area contributed by atoms with Crippen LogP contribution in [0.3, 0.4) is 0 Å². The van der Waals surface area contributed by atoms with Gasteiger partial charge in [-0.05, 0) is 23.6 Å². The number of ether oxygens (including phenoxy) is 1. The smallest absolute Gasteiger partial charge is 0.0917 e. The van der Waals surface area contributed by atoms with Crippen molar-refractivity contribution in [2.24, 2.45) is 0 Å². The number of aliphatic hydroxyl groups excluding tert-OH is 1. The lowest BCUT2D eigenvalue weighted by molar-refractivity contribution is 0.0290. The first-order valence-corrected chi connectivity index (χ1v) is 9.52. The SMILES string of the molecule is Cc1ccccc1CN(CCN1CCOCC1)CC(O)c1ccccc1. The van der Waals surface area contributed by atoms with Crippen molar-refractivity contribution < 1.29 is 9.84 Å². The van der Waals surface area contributed by atoms with Crippen molar-refractivity contribution in [1.82, 2.24) is 9.80 Å². The maximum absolute atomic E-state index is 10.7. The third kappa shape index (κ3) is 5.64. The molecule has 140 valence electrons. The fraction of sp³-hybridized carbons (Fsp3) is 0.455. The molecule has 1 saturated heterocycles. The van der Waals surface area contributed by atoms with Crippen molar-refractivity contribution in [3.63, 3.8) is 0 Å². The molecule has 1 heterocycles. The lowest BCUT2D eigenvalue weighted by atomic mass is 10.1. The summed E-state index contributed by atoms with van der Waals surface area (Å²) in [6, 6.07) is 18.5. The molecule has 2 aromatic rings. The Balaban J connectivity index is 1.64. The molecular formula is C22H30N2O2. The van der Waals surface area contributed by atoms with Gasteiger partial charge in [0, 0.05) is 39.3 Å². The Kier molecular flexibility index (Phi) is 7.21. The molecule has 0 spiro atoms. The maximum Gasteiger partial charge on any atom is 0.0917 e. The molecule has 1 atom stereocenters. The van der Waals surface area contributed by atoms with E-state index in [1.165, 1.54) is 11.1 Å². The molecule has 1 unspecified atom stereocenters. The van der Waals surface area contributed by atoms with Gasteiger partial charge >= 0.3 is 0 Å². The molecule has 0 aliphatic carbocycles. The van der Waals surface area contributed by atoms with Gasteiger partial charge in [0.2, 0.25) is 0 Å². The van der Waals surface area contributed by atoms with Gasteiger partial charge < -0.3 is 9.84 Å². The molecular weight excluding hydrogens is 324 g/mol. The van der Waals surface area contributed by atoms with E-state index in [9.17, 15) is 5.11 Å². The van der Waals surface area contributed by atoms with Crippen LogP contribution in [0.5, 0.6) is 0 Å². The van der Waals surface area contributed by atoms with E-state index in [4.69, 9.17) is 4.74 Å². The Morgan fingerprint density at radius 1 is 1.04 bits per heavy atom. The van der Waals surface area contributed by atoms with Crippen LogP contribution < -0.4 is 0 Å². The Hall–Kier alpha value is -1.72. The Morgan fingerprint density at radius 3 is 2.46 bits per heavy atom. The molecule has 2 aromatic carbocycles. The van der Waals surface area contributed by atoms with E-state index >= 15 is 0 Å². The molecule has 0 radical (unpaired) electrons. The molecule has 0 saturated carbocycles. The Labute approximate surface area is 157 Å². The zero-order chi connectivity index (χ0) is 18.2. The fourth-order valence-corrected chi connectivity index (χ4v) is 3.40. The van der Waals surface area contributed by atoms with E-state index in [-0.39, 0.29) is 0 Å². The first-order valence-electron chi connectivity index (χ1n) is 9.52. The lowest BCUT2D eigenvalue weighted by Crippen LogP contribution is -2.42. The van der Waals surface area contributed by atoms with Gasteiger partial charge in [0.1, 0.15) is 0 Å².